The molecule has 1 amide bonds. The van der Waals surface area contributed by atoms with Crippen molar-refractivity contribution < 1.29 is 4.79 Å². The minimum atomic E-state index is -0.243. The second-order valence-corrected chi connectivity index (χ2v) is 5.36. The summed E-state index contributed by atoms with van der Waals surface area (Å²) in [6, 6.07) is 9.33. The second-order valence-electron chi connectivity index (χ2n) is 4.50. The average molecular weight is 311 g/mol. The van der Waals surface area contributed by atoms with Crippen LogP contribution in [0.25, 0.3) is 0 Å². The summed E-state index contributed by atoms with van der Waals surface area (Å²) in [6.07, 6.45) is 3.27. The summed E-state index contributed by atoms with van der Waals surface area (Å²) in [7, 11) is 0. The van der Waals surface area contributed by atoms with E-state index in [-0.39, 0.29) is 5.91 Å². The Balaban J connectivity index is 1.71. The molecule has 0 atom stereocenters. The number of carbonyl (C=O) groups is 1. The van der Waals surface area contributed by atoms with E-state index in [4.69, 9.17) is 0 Å². The highest BCUT2D eigenvalue weighted by Gasteiger charge is 2.12. The monoisotopic (exact) mass is 311 g/mol. The molecular weight excluding hydrogens is 298 g/mol. The molecule has 0 radical (unpaired) electrons. The molecule has 0 aliphatic heterocycles. The molecule has 6 nitrogen and oxygen atoms in total. The lowest BCUT2D eigenvalue weighted by atomic mass is 10.2. The highest BCUT2D eigenvalue weighted by Crippen LogP contribution is 2.20. The molecule has 3 rings (SSSR count). The van der Waals surface area contributed by atoms with Gasteiger partial charge in [0.2, 0.25) is 5.95 Å². The van der Waals surface area contributed by atoms with Gasteiger partial charge in [-0.05, 0) is 24.6 Å². The van der Waals surface area contributed by atoms with Crippen LogP contribution in [0.2, 0.25) is 0 Å². The van der Waals surface area contributed by atoms with Crippen molar-refractivity contribution >= 4 is 34.0 Å². The highest BCUT2D eigenvalue weighted by atomic mass is 32.1. The summed E-state index contributed by atoms with van der Waals surface area (Å²) in [4.78, 5) is 24.6. The SMILES string of the molecule is Cc1ccccc1NC(=O)c1csc(Nc2ncccn2)n1. The quantitative estimate of drug-likeness (QED) is 0.773. The van der Waals surface area contributed by atoms with Crippen molar-refractivity contribution in [3.8, 4) is 0 Å². The van der Waals surface area contributed by atoms with E-state index in [2.05, 4.69) is 25.6 Å². The van der Waals surface area contributed by atoms with Gasteiger partial charge in [0.25, 0.3) is 5.91 Å². The zero-order valence-electron chi connectivity index (χ0n) is 11.8. The van der Waals surface area contributed by atoms with Crippen LogP contribution in [0.1, 0.15) is 16.1 Å². The normalized spacial score (nSPS) is 10.2. The Morgan fingerprint density at radius 1 is 1.14 bits per heavy atom. The maximum Gasteiger partial charge on any atom is 0.275 e. The van der Waals surface area contributed by atoms with E-state index in [9.17, 15) is 4.79 Å². The molecule has 1 aromatic carbocycles. The van der Waals surface area contributed by atoms with Crippen LogP contribution in [0.3, 0.4) is 0 Å². The third-order valence-electron chi connectivity index (χ3n) is 2.91. The number of para-hydroxylation sites is 1. The first-order valence-corrected chi connectivity index (χ1v) is 7.47. The Hall–Kier alpha value is -2.80. The standard InChI is InChI=1S/C15H13N5OS/c1-10-5-2-3-6-11(10)18-13(21)12-9-22-15(19-12)20-14-16-7-4-8-17-14/h2-9H,1H3,(H,18,21)(H,16,17,19,20). The van der Waals surface area contributed by atoms with Gasteiger partial charge in [0.1, 0.15) is 5.69 Å². The highest BCUT2D eigenvalue weighted by molar-refractivity contribution is 7.14. The average Bonchev–Trinajstić information content (AvgIpc) is 2.99. The molecule has 0 aliphatic rings. The second kappa shape index (κ2) is 6.31. The lowest BCUT2D eigenvalue weighted by Crippen LogP contribution is -2.13. The van der Waals surface area contributed by atoms with Crippen LogP contribution in [0.5, 0.6) is 0 Å². The third kappa shape index (κ3) is 3.26. The van der Waals surface area contributed by atoms with Crippen LogP contribution in [-0.4, -0.2) is 20.9 Å². The zero-order chi connectivity index (χ0) is 15.4. The topological polar surface area (TPSA) is 79.8 Å². The third-order valence-corrected chi connectivity index (χ3v) is 3.67. The molecule has 2 N–H and O–H groups in total. The Bertz CT molecular complexity index is 787. The fourth-order valence-electron chi connectivity index (χ4n) is 1.79. The van der Waals surface area contributed by atoms with Gasteiger partial charge in [-0.1, -0.05) is 18.2 Å². The first-order valence-electron chi connectivity index (χ1n) is 6.59. The van der Waals surface area contributed by atoms with Gasteiger partial charge >= 0.3 is 0 Å². The fourth-order valence-corrected chi connectivity index (χ4v) is 2.48. The van der Waals surface area contributed by atoms with Crippen LogP contribution < -0.4 is 10.6 Å². The van der Waals surface area contributed by atoms with Crippen LogP contribution >= 0.6 is 11.3 Å². The van der Waals surface area contributed by atoms with Crippen molar-refractivity contribution in [1.82, 2.24) is 15.0 Å². The molecule has 2 heterocycles. The number of hydrogen-bond donors (Lipinski definition) is 2. The fraction of sp³-hybridized carbons (Fsp3) is 0.0667. The number of anilines is 3. The summed E-state index contributed by atoms with van der Waals surface area (Å²) in [5.41, 5.74) is 2.13. The molecule has 0 saturated heterocycles. The van der Waals surface area contributed by atoms with Crippen molar-refractivity contribution in [1.29, 1.82) is 0 Å². The first-order chi connectivity index (χ1) is 10.7. The number of hydrogen-bond acceptors (Lipinski definition) is 6. The van der Waals surface area contributed by atoms with Gasteiger partial charge in [0, 0.05) is 23.5 Å². The summed E-state index contributed by atoms with van der Waals surface area (Å²) >= 11 is 1.32. The summed E-state index contributed by atoms with van der Waals surface area (Å²) in [6.45, 7) is 1.94. The largest absolute Gasteiger partial charge is 0.320 e. The Morgan fingerprint density at radius 3 is 2.68 bits per heavy atom. The van der Waals surface area contributed by atoms with E-state index < -0.39 is 0 Å². The maximum absolute atomic E-state index is 12.2. The number of rotatable bonds is 4. The number of amides is 1. The van der Waals surface area contributed by atoms with Gasteiger partial charge in [0.15, 0.2) is 5.13 Å². The number of aromatic nitrogens is 3. The van der Waals surface area contributed by atoms with E-state index in [0.717, 1.165) is 11.3 Å². The zero-order valence-corrected chi connectivity index (χ0v) is 12.6. The van der Waals surface area contributed by atoms with Crippen molar-refractivity contribution in [3.63, 3.8) is 0 Å². The number of thiazole rings is 1. The molecule has 0 bridgehead atoms. The first kappa shape index (κ1) is 14.2. The molecule has 3 aromatic rings. The van der Waals surface area contributed by atoms with Crippen LogP contribution in [0.4, 0.5) is 16.8 Å². The van der Waals surface area contributed by atoms with Crippen LogP contribution in [0.15, 0.2) is 48.1 Å². The van der Waals surface area contributed by atoms with Gasteiger partial charge in [-0.3, -0.25) is 4.79 Å². The van der Waals surface area contributed by atoms with Crippen molar-refractivity contribution in [3.05, 3.63) is 59.4 Å². The lowest BCUT2D eigenvalue weighted by Gasteiger charge is -2.06. The molecule has 2 aromatic heterocycles. The van der Waals surface area contributed by atoms with Crippen LogP contribution in [-0.2, 0) is 0 Å². The smallest absolute Gasteiger partial charge is 0.275 e. The number of nitrogens with zero attached hydrogens (tertiary/aromatic N) is 3. The summed E-state index contributed by atoms with van der Waals surface area (Å²) in [5, 5.41) is 8.07. The van der Waals surface area contributed by atoms with Gasteiger partial charge in [-0.2, -0.15) is 0 Å². The summed E-state index contributed by atoms with van der Waals surface area (Å²) < 4.78 is 0. The number of aryl methyl sites for hydroxylation is 1. The van der Waals surface area contributed by atoms with Gasteiger partial charge < -0.3 is 10.6 Å². The number of carbonyl (C=O) groups excluding carboxylic acids is 1. The molecular formula is C15H13N5OS. The Morgan fingerprint density at radius 2 is 1.91 bits per heavy atom. The van der Waals surface area contributed by atoms with Crippen molar-refractivity contribution in [2.45, 2.75) is 6.92 Å². The predicted molar refractivity (Wildman–Crippen MR) is 86.6 cm³/mol. The molecule has 0 spiro atoms. The Labute approximate surface area is 131 Å². The predicted octanol–water partition coefficient (Wildman–Crippen LogP) is 3.24. The maximum atomic E-state index is 12.2. The van der Waals surface area contributed by atoms with Gasteiger partial charge in [-0.25, -0.2) is 15.0 Å². The Kier molecular flexibility index (Phi) is 4.06. The van der Waals surface area contributed by atoms with Gasteiger partial charge in [0.05, 0.1) is 0 Å². The molecule has 110 valence electrons. The van der Waals surface area contributed by atoms with E-state index in [0.29, 0.717) is 16.8 Å². The molecule has 0 unspecified atom stereocenters. The number of nitrogens with one attached hydrogen (secondary N) is 2. The molecule has 0 saturated carbocycles. The van der Waals surface area contributed by atoms with E-state index in [1.165, 1.54) is 11.3 Å². The molecule has 0 fully saturated rings. The van der Waals surface area contributed by atoms with Crippen LogP contribution in [0, 0.1) is 6.92 Å². The number of benzene rings is 1. The molecule has 22 heavy (non-hydrogen) atoms. The van der Waals surface area contributed by atoms with Crippen molar-refractivity contribution in [2.24, 2.45) is 0 Å². The minimum Gasteiger partial charge on any atom is -0.320 e. The summed E-state index contributed by atoms with van der Waals surface area (Å²) in [5.74, 6) is 0.204. The van der Waals surface area contributed by atoms with Crippen molar-refractivity contribution in [2.75, 3.05) is 10.6 Å². The van der Waals surface area contributed by atoms with Gasteiger partial charge in [-0.15, -0.1) is 11.3 Å². The molecule has 0 aliphatic carbocycles. The lowest BCUT2D eigenvalue weighted by molar-refractivity contribution is 0.102. The van der Waals surface area contributed by atoms with E-state index in [1.54, 1.807) is 23.8 Å². The van der Waals surface area contributed by atoms with E-state index >= 15 is 0 Å². The minimum absolute atomic E-state index is 0.243. The molecule has 7 heteroatoms. The van der Waals surface area contributed by atoms with E-state index in [1.807, 2.05) is 31.2 Å².